The third-order valence-electron chi connectivity index (χ3n) is 1.70. The van der Waals surface area contributed by atoms with Crippen LogP contribution in [0.1, 0.15) is 5.56 Å². The van der Waals surface area contributed by atoms with E-state index in [1.54, 1.807) is 0 Å². The molecule has 0 aliphatic carbocycles. The van der Waals surface area contributed by atoms with Gasteiger partial charge in [0.25, 0.3) is 0 Å². The molecule has 2 rings (SSSR count). The minimum atomic E-state index is 0.715. The summed E-state index contributed by atoms with van der Waals surface area (Å²) in [6.45, 7) is 1.98. The van der Waals surface area contributed by atoms with E-state index in [0.29, 0.717) is 5.69 Å². The number of halogens is 1. The first-order valence-electron chi connectivity index (χ1n) is 3.37. The molecule has 0 spiro atoms. The standard InChI is InChI=1S/C7H6BrN3S/c1-3-2-4(9)5(8)7-6(3)10-12-11-7/h2H,9H2,1H3. The van der Waals surface area contributed by atoms with Crippen LogP contribution in [-0.2, 0) is 0 Å². The fraction of sp³-hybridized carbons (Fsp3) is 0.143. The maximum absolute atomic E-state index is 5.74. The van der Waals surface area contributed by atoms with Crippen molar-refractivity contribution < 1.29 is 0 Å². The van der Waals surface area contributed by atoms with Crippen LogP contribution in [-0.4, -0.2) is 8.75 Å². The summed E-state index contributed by atoms with van der Waals surface area (Å²) in [5, 5.41) is 0. The van der Waals surface area contributed by atoms with E-state index in [1.807, 2.05) is 13.0 Å². The number of aryl methyl sites for hydroxylation is 1. The zero-order valence-corrected chi connectivity index (χ0v) is 8.74. The third kappa shape index (κ3) is 1.01. The monoisotopic (exact) mass is 243 g/mol. The summed E-state index contributed by atoms with van der Waals surface area (Å²) in [4.78, 5) is 0. The predicted octanol–water partition coefficient (Wildman–Crippen LogP) is 2.34. The van der Waals surface area contributed by atoms with Gasteiger partial charge in [-0.15, -0.1) is 0 Å². The summed E-state index contributed by atoms with van der Waals surface area (Å²) in [5.74, 6) is 0. The van der Waals surface area contributed by atoms with E-state index < -0.39 is 0 Å². The molecule has 1 aromatic heterocycles. The Bertz CT molecular complexity index is 437. The molecule has 5 heteroatoms. The number of hydrogen-bond acceptors (Lipinski definition) is 4. The topological polar surface area (TPSA) is 51.8 Å². The number of benzene rings is 1. The number of nitrogens with two attached hydrogens (primary N) is 1. The van der Waals surface area contributed by atoms with Gasteiger partial charge in [0.1, 0.15) is 11.0 Å². The average molecular weight is 244 g/mol. The van der Waals surface area contributed by atoms with Crippen LogP contribution in [0.25, 0.3) is 11.0 Å². The first-order chi connectivity index (χ1) is 5.70. The Labute approximate surface area is 82.0 Å². The van der Waals surface area contributed by atoms with Crippen LogP contribution >= 0.6 is 27.7 Å². The summed E-state index contributed by atoms with van der Waals surface area (Å²) in [7, 11) is 0. The van der Waals surface area contributed by atoms with Crippen molar-refractivity contribution in [2.75, 3.05) is 5.73 Å². The molecule has 2 aromatic rings. The van der Waals surface area contributed by atoms with Gasteiger partial charge in [0.2, 0.25) is 0 Å². The fourth-order valence-electron chi connectivity index (χ4n) is 1.09. The second-order valence-corrected chi connectivity index (χ2v) is 3.88. The van der Waals surface area contributed by atoms with Crippen LogP contribution in [0.5, 0.6) is 0 Å². The van der Waals surface area contributed by atoms with E-state index in [0.717, 1.165) is 21.1 Å². The van der Waals surface area contributed by atoms with Gasteiger partial charge < -0.3 is 5.73 Å². The molecule has 0 saturated heterocycles. The summed E-state index contributed by atoms with van der Waals surface area (Å²) in [6.07, 6.45) is 0. The van der Waals surface area contributed by atoms with Gasteiger partial charge in [0, 0.05) is 5.69 Å². The quantitative estimate of drug-likeness (QED) is 0.723. The molecule has 0 amide bonds. The highest BCUT2D eigenvalue weighted by Gasteiger charge is 2.08. The number of aromatic nitrogens is 2. The minimum absolute atomic E-state index is 0.715. The van der Waals surface area contributed by atoms with Gasteiger partial charge in [-0.3, -0.25) is 0 Å². The Morgan fingerprint density at radius 3 is 2.83 bits per heavy atom. The van der Waals surface area contributed by atoms with Gasteiger partial charge in [-0.05, 0) is 34.5 Å². The van der Waals surface area contributed by atoms with Gasteiger partial charge in [-0.25, -0.2) is 0 Å². The maximum atomic E-state index is 5.74. The normalized spacial score (nSPS) is 10.8. The van der Waals surface area contributed by atoms with Crippen molar-refractivity contribution in [1.82, 2.24) is 8.75 Å². The molecule has 62 valence electrons. The van der Waals surface area contributed by atoms with Crippen molar-refractivity contribution in [3.05, 3.63) is 16.1 Å². The van der Waals surface area contributed by atoms with Crippen LogP contribution in [0.4, 0.5) is 5.69 Å². The highest BCUT2D eigenvalue weighted by Crippen LogP contribution is 2.30. The number of nitrogens with zero attached hydrogens (tertiary/aromatic N) is 2. The second kappa shape index (κ2) is 2.67. The number of anilines is 1. The SMILES string of the molecule is Cc1cc(N)c(Br)c2nsnc12. The zero-order chi connectivity index (χ0) is 8.72. The largest absolute Gasteiger partial charge is 0.398 e. The van der Waals surface area contributed by atoms with Crippen molar-refractivity contribution in [2.45, 2.75) is 6.92 Å². The van der Waals surface area contributed by atoms with Crippen LogP contribution in [0, 0.1) is 6.92 Å². The molecule has 0 unspecified atom stereocenters. The highest BCUT2D eigenvalue weighted by molar-refractivity contribution is 9.10. The molecule has 0 aliphatic rings. The Hall–Kier alpha value is -0.680. The average Bonchev–Trinajstić information content (AvgIpc) is 2.48. The van der Waals surface area contributed by atoms with Gasteiger partial charge >= 0.3 is 0 Å². The third-order valence-corrected chi connectivity index (χ3v) is 3.06. The summed E-state index contributed by atoms with van der Waals surface area (Å²) < 4.78 is 9.15. The number of rotatable bonds is 0. The molecule has 2 N–H and O–H groups in total. The number of nitrogen functional groups attached to an aromatic ring is 1. The van der Waals surface area contributed by atoms with Crippen LogP contribution in [0.2, 0.25) is 0 Å². The molecule has 0 atom stereocenters. The molecule has 0 aliphatic heterocycles. The van der Waals surface area contributed by atoms with E-state index in [9.17, 15) is 0 Å². The second-order valence-electron chi connectivity index (χ2n) is 2.56. The molecule has 0 radical (unpaired) electrons. The van der Waals surface area contributed by atoms with E-state index >= 15 is 0 Å². The lowest BCUT2D eigenvalue weighted by Gasteiger charge is -1.99. The molecular formula is C7H6BrN3S. The first kappa shape index (κ1) is 7.94. The van der Waals surface area contributed by atoms with Crippen molar-refractivity contribution in [3.8, 4) is 0 Å². The Kier molecular flexibility index (Phi) is 1.77. The van der Waals surface area contributed by atoms with E-state index in [2.05, 4.69) is 24.7 Å². The molecule has 1 aromatic carbocycles. The molecule has 12 heavy (non-hydrogen) atoms. The summed E-state index contributed by atoms with van der Waals surface area (Å²) in [6, 6.07) is 1.90. The van der Waals surface area contributed by atoms with E-state index in [1.165, 1.54) is 11.7 Å². The molecular weight excluding hydrogens is 238 g/mol. The Morgan fingerprint density at radius 1 is 1.42 bits per heavy atom. The smallest absolute Gasteiger partial charge is 0.121 e. The summed E-state index contributed by atoms with van der Waals surface area (Å²) in [5.41, 5.74) is 9.31. The lowest BCUT2D eigenvalue weighted by atomic mass is 10.2. The van der Waals surface area contributed by atoms with Crippen molar-refractivity contribution in [1.29, 1.82) is 0 Å². The van der Waals surface area contributed by atoms with Gasteiger partial charge in [-0.1, -0.05) is 0 Å². The minimum Gasteiger partial charge on any atom is -0.398 e. The summed E-state index contributed by atoms with van der Waals surface area (Å²) >= 11 is 4.58. The van der Waals surface area contributed by atoms with E-state index in [4.69, 9.17) is 5.73 Å². The number of fused-ring (bicyclic) bond motifs is 1. The molecule has 0 bridgehead atoms. The highest BCUT2D eigenvalue weighted by atomic mass is 79.9. The zero-order valence-electron chi connectivity index (χ0n) is 6.34. The van der Waals surface area contributed by atoms with Crippen molar-refractivity contribution in [3.63, 3.8) is 0 Å². The van der Waals surface area contributed by atoms with Crippen molar-refractivity contribution >= 4 is 44.4 Å². The van der Waals surface area contributed by atoms with Crippen LogP contribution in [0.3, 0.4) is 0 Å². The number of hydrogen-bond donors (Lipinski definition) is 1. The predicted molar refractivity (Wildman–Crippen MR) is 54.3 cm³/mol. The molecule has 0 saturated carbocycles. The van der Waals surface area contributed by atoms with Gasteiger partial charge in [0.05, 0.1) is 16.2 Å². The van der Waals surface area contributed by atoms with E-state index in [-0.39, 0.29) is 0 Å². The Balaban J connectivity index is 2.97. The molecule has 0 fully saturated rings. The lowest BCUT2D eigenvalue weighted by Crippen LogP contribution is -1.89. The maximum Gasteiger partial charge on any atom is 0.121 e. The van der Waals surface area contributed by atoms with Gasteiger partial charge in [-0.2, -0.15) is 8.75 Å². The van der Waals surface area contributed by atoms with Gasteiger partial charge in [0.15, 0.2) is 0 Å². The molecule has 3 nitrogen and oxygen atoms in total. The molecule has 1 heterocycles. The first-order valence-corrected chi connectivity index (χ1v) is 4.89. The van der Waals surface area contributed by atoms with Crippen LogP contribution < -0.4 is 5.73 Å². The Morgan fingerprint density at radius 2 is 2.08 bits per heavy atom. The van der Waals surface area contributed by atoms with Crippen LogP contribution in [0.15, 0.2) is 10.5 Å². The lowest BCUT2D eigenvalue weighted by molar-refractivity contribution is 1.47. The van der Waals surface area contributed by atoms with Crippen molar-refractivity contribution in [2.24, 2.45) is 0 Å². The fourth-order valence-corrected chi connectivity index (χ4v) is 2.21.